The summed E-state index contributed by atoms with van der Waals surface area (Å²) in [6.45, 7) is 1.47. The van der Waals surface area contributed by atoms with Gasteiger partial charge in [0, 0.05) is 6.07 Å². The van der Waals surface area contributed by atoms with E-state index in [1.165, 1.54) is 19.1 Å². The smallest absolute Gasteiger partial charge is 0.140 e. The molecular formula is C11H10F2O. The van der Waals surface area contributed by atoms with Crippen molar-refractivity contribution in [2.24, 2.45) is 0 Å². The number of benzene rings is 1. The Kier molecular flexibility index (Phi) is 1.91. The molecule has 0 atom stereocenters. The van der Waals surface area contributed by atoms with E-state index < -0.39 is 17.0 Å². The van der Waals surface area contributed by atoms with Crippen molar-refractivity contribution in [1.82, 2.24) is 0 Å². The number of halogens is 2. The molecule has 0 aromatic heterocycles. The van der Waals surface area contributed by atoms with Crippen LogP contribution < -0.4 is 0 Å². The molecule has 3 heteroatoms. The number of hydrogen-bond donors (Lipinski definition) is 0. The Morgan fingerprint density at radius 3 is 2.07 bits per heavy atom. The Bertz CT molecular complexity index is 374. The summed E-state index contributed by atoms with van der Waals surface area (Å²) in [4.78, 5) is 11.3. The summed E-state index contributed by atoms with van der Waals surface area (Å²) in [6.07, 6.45) is 1.40. The summed E-state index contributed by atoms with van der Waals surface area (Å²) in [5, 5.41) is 0. The van der Waals surface area contributed by atoms with Gasteiger partial charge in [-0.3, -0.25) is 4.79 Å². The summed E-state index contributed by atoms with van der Waals surface area (Å²) in [5.41, 5.74) is -0.120. The van der Waals surface area contributed by atoms with Crippen LogP contribution in [0.3, 0.4) is 0 Å². The lowest BCUT2D eigenvalue weighted by Gasteiger charge is -2.11. The predicted octanol–water partition coefficient (Wildman–Crippen LogP) is 2.59. The molecule has 0 saturated heterocycles. The van der Waals surface area contributed by atoms with Crippen LogP contribution in [0.25, 0.3) is 0 Å². The van der Waals surface area contributed by atoms with Crippen LogP contribution in [-0.2, 0) is 10.2 Å². The molecule has 0 amide bonds. The fraction of sp³-hybridized carbons (Fsp3) is 0.364. The molecule has 1 aromatic rings. The van der Waals surface area contributed by atoms with Crippen molar-refractivity contribution in [3.8, 4) is 0 Å². The maximum atomic E-state index is 12.9. The van der Waals surface area contributed by atoms with E-state index in [1.54, 1.807) is 0 Å². The highest BCUT2D eigenvalue weighted by atomic mass is 19.1. The van der Waals surface area contributed by atoms with Crippen molar-refractivity contribution >= 4 is 5.78 Å². The molecule has 1 aliphatic rings. The molecule has 0 heterocycles. The van der Waals surface area contributed by atoms with Gasteiger partial charge in [-0.05, 0) is 37.5 Å². The molecular weight excluding hydrogens is 186 g/mol. The maximum absolute atomic E-state index is 12.9. The summed E-state index contributed by atoms with van der Waals surface area (Å²) in [6, 6.07) is 3.31. The van der Waals surface area contributed by atoms with Gasteiger partial charge in [-0.2, -0.15) is 0 Å². The molecule has 0 aliphatic heterocycles. The van der Waals surface area contributed by atoms with E-state index in [1.807, 2.05) is 0 Å². The monoisotopic (exact) mass is 196 g/mol. The zero-order valence-corrected chi connectivity index (χ0v) is 7.81. The molecule has 0 spiro atoms. The summed E-state index contributed by atoms with van der Waals surface area (Å²) >= 11 is 0. The van der Waals surface area contributed by atoms with Crippen LogP contribution >= 0.6 is 0 Å². The van der Waals surface area contributed by atoms with Crippen molar-refractivity contribution in [2.45, 2.75) is 25.2 Å². The van der Waals surface area contributed by atoms with Gasteiger partial charge in [0.1, 0.15) is 17.4 Å². The van der Waals surface area contributed by atoms with E-state index in [0.29, 0.717) is 18.4 Å². The number of rotatable bonds is 2. The topological polar surface area (TPSA) is 17.1 Å². The molecule has 1 fully saturated rings. The van der Waals surface area contributed by atoms with Gasteiger partial charge < -0.3 is 0 Å². The van der Waals surface area contributed by atoms with E-state index in [2.05, 4.69) is 0 Å². The first kappa shape index (κ1) is 9.31. The number of carbonyl (C=O) groups excluding carboxylic acids is 1. The Morgan fingerprint density at radius 2 is 1.71 bits per heavy atom. The summed E-state index contributed by atoms with van der Waals surface area (Å²) in [7, 11) is 0. The van der Waals surface area contributed by atoms with Gasteiger partial charge in [0.2, 0.25) is 0 Å². The fourth-order valence-electron chi connectivity index (χ4n) is 1.80. The third kappa shape index (κ3) is 1.33. The van der Waals surface area contributed by atoms with E-state index in [4.69, 9.17) is 0 Å². The zero-order valence-electron chi connectivity index (χ0n) is 7.81. The highest BCUT2D eigenvalue weighted by Crippen LogP contribution is 2.49. The van der Waals surface area contributed by atoms with Crippen molar-refractivity contribution in [2.75, 3.05) is 0 Å². The first-order chi connectivity index (χ1) is 6.54. The molecule has 0 bridgehead atoms. The van der Waals surface area contributed by atoms with Gasteiger partial charge in [0.05, 0.1) is 5.41 Å². The van der Waals surface area contributed by atoms with Gasteiger partial charge in [0.25, 0.3) is 0 Å². The molecule has 0 unspecified atom stereocenters. The van der Waals surface area contributed by atoms with Crippen LogP contribution in [0.1, 0.15) is 25.3 Å². The molecule has 0 N–H and O–H groups in total. The standard InChI is InChI=1S/C11H10F2O/c1-7(14)11(2-3-11)8-4-9(12)6-10(13)5-8/h4-6H,2-3H2,1H3. The molecule has 14 heavy (non-hydrogen) atoms. The Morgan fingerprint density at radius 1 is 1.21 bits per heavy atom. The van der Waals surface area contributed by atoms with E-state index in [-0.39, 0.29) is 5.78 Å². The zero-order chi connectivity index (χ0) is 10.3. The molecule has 1 nitrogen and oxygen atoms in total. The van der Waals surface area contributed by atoms with E-state index >= 15 is 0 Å². The van der Waals surface area contributed by atoms with E-state index in [9.17, 15) is 13.6 Å². The summed E-state index contributed by atoms with van der Waals surface area (Å²) < 4.78 is 25.8. The minimum absolute atomic E-state index is 0.0116. The SMILES string of the molecule is CC(=O)C1(c2cc(F)cc(F)c2)CC1. The second kappa shape index (κ2) is 2.87. The quantitative estimate of drug-likeness (QED) is 0.710. The Labute approximate surface area is 80.7 Å². The molecule has 1 saturated carbocycles. The highest BCUT2D eigenvalue weighted by molar-refractivity contribution is 5.91. The van der Waals surface area contributed by atoms with Crippen molar-refractivity contribution in [3.63, 3.8) is 0 Å². The van der Waals surface area contributed by atoms with Gasteiger partial charge in [-0.25, -0.2) is 8.78 Å². The number of Topliss-reactive ketones (excluding diaryl/α,β-unsaturated/α-hetero) is 1. The number of hydrogen-bond acceptors (Lipinski definition) is 1. The first-order valence-corrected chi connectivity index (χ1v) is 4.52. The molecule has 1 aliphatic carbocycles. The highest BCUT2D eigenvalue weighted by Gasteiger charge is 2.49. The van der Waals surface area contributed by atoms with Crippen molar-refractivity contribution in [3.05, 3.63) is 35.4 Å². The molecule has 74 valence electrons. The minimum Gasteiger partial charge on any atom is -0.299 e. The van der Waals surface area contributed by atoms with Gasteiger partial charge in [0.15, 0.2) is 0 Å². The Balaban J connectivity index is 2.47. The van der Waals surface area contributed by atoms with Crippen molar-refractivity contribution in [1.29, 1.82) is 0 Å². The van der Waals surface area contributed by atoms with Crippen LogP contribution in [0.2, 0.25) is 0 Å². The summed E-state index contributed by atoms with van der Waals surface area (Å²) in [5.74, 6) is -1.25. The van der Waals surface area contributed by atoms with Crippen LogP contribution in [0.15, 0.2) is 18.2 Å². The second-order valence-corrected chi connectivity index (χ2v) is 3.80. The lowest BCUT2D eigenvalue weighted by atomic mass is 9.92. The fourth-order valence-corrected chi connectivity index (χ4v) is 1.80. The normalized spacial score (nSPS) is 17.9. The largest absolute Gasteiger partial charge is 0.299 e. The third-order valence-corrected chi connectivity index (χ3v) is 2.84. The lowest BCUT2D eigenvalue weighted by molar-refractivity contribution is -0.119. The Hall–Kier alpha value is -1.25. The third-order valence-electron chi connectivity index (χ3n) is 2.84. The number of ketones is 1. The molecule has 1 aromatic carbocycles. The van der Waals surface area contributed by atoms with Gasteiger partial charge >= 0.3 is 0 Å². The lowest BCUT2D eigenvalue weighted by Crippen LogP contribution is -2.17. The van der Waals surface area contributed by atoms with Gasteiger partial charge in [-0.15, -0.1) is 0 Å². The van der Waals surface area contributed by atoms with Crippen LogP contribution in [-0.4, -0.2) is 5.78 Å². The van der Waals surface area contributed by atoms with Crippen LogP contribution in [0, 0.1) is 11.6 Å². The second-order valence-electron chi connectivity index (χ2n) is 3.80. The average molecular weight is 196 g/mol. The predicted molar refractivity (Wildman–Crippen MR) is 48.0 cm³/mol. The average Bonchev–Trinajstić information content (AvgIpc) is 2.81. The van der Waals surface area contributed by atoms with Gasteiger partial charge in [-0.1, -0.05) is 0 Å². The molecule has 2 rings (SSSR count). The minimum atomic E-state index is -0.618. The maximum Gasteiger partial charge on any atom is 0.140 e. The first-order valence-electron chi connectivity index (χ1n) is 4.52. The van der Waals surface area contributed by atoms with Crippen LogP contribution in [0.4, 0.5) is 8.78 Å². The molecule has 0 radical (unpaired) electrons. The van der Waals surface area contributed by atoms with Crippen LogP contribution in [0.5, 0.6) is 0 Å². The van der Waals surface area contributed by atoms with Crippen molar-refractivity contribution < 1.29 is 13.6 Å². The van der Waals surface area contributed by atoms with E-state index in [0.717, 1.165) is 6.07 Å². The number of carbonyl (C=O) groups is 1.